The maximum absolute atomic E-state index is 12.6. The van der Waals surface area contributed by atoms with Crippen molar-refractivity contribution in [3.05, 3.63) is 76.8 Å². The van der Waals surface area contributed by atoms with Crippen LogP contribution >= 0.6 is 11.6 Å². The van der Waals surface area contributed by atoms with E-state index < -0.39 is 0 Å². The van der Waals surface area contributed by atoms with Crippen molar-refractivity contribution in [3.63, 3.8) is 0 Å². The Balaban J connectivity index is 1.73. The van der Waals surface area contributed by atoms with Gasteiger partial charge in [0.2, 0.25) is 0 Å². The SMILES string of the molecule is COc1cc(Cl)c(C)cc1NC(=O)c1cncc(NCc2ccccn2)c1. The molecule has 0 aliphatic heterocycles. The van der Waals surface area contributed by atoms with E-state index in [-0.39, 0.29) is 5.91 Å². The quantitative estimate of drug-likeness (QED) is 0.664. The summed E-state index contributed by atoms with van der Waals surface area (Å²) < 4.78 is 5.30. The van der Waals surface area contributed by atoms with Gasteiger partial charge in [-0.1, -0.05) is 17.7 Å². The molecule has 0 bridgehead atoms. The molecular formula is C20H19ClN4O2. The molecule has 27 heavy (non-hydrogen) atoms. The lowest BCUT2D eigenvalue weighted by Gasteiger charge is -2.13. The van der Waals surface area contributed by atoms with E-state index >= 15 is 0 Å². The van der Waals surface area contributed by atoms with Crippen molar-refractivity contribution in [1.82, 2.24) is 9.97 Å². The number of nitrogens with one attached hydrogen (secondary N) is 2. The third-order valence-corrected chi connectivity index (χ3v) is 4.34. The van der Waals surface area contributed by atoms with Crippen LogP contribution in [0, 0.1) is 6.92 Å². The summed E-state index contributed by atoms with van der Waals surface area (Å²) in [4.78, 5) is 21.0. The topological polar surface area (TPSA) is 76.1 Å². The molecule has 3 aromatic rings. The highest BCUT2D eigenvalue weighted by molar-refractivity contribution is 6.31. The number of carbonyl (C=O) groups excluding carboxylic acids is 1. The Labute approximate surface area is 162 Å². The standard InChI is InChI=1S/C20H19ClN4O2/c1-13-7-18(19(27-2)9-17(13)21)25-20(26)14-8-16(11-22-10-14)24-12-15-5-3-4-6-23-15/h3-11,24H,12H2,1-2H3,(H,25,26). The van der Waals surface area contributed by atoms with E-state index in [9.17, 15) is 4.79 Å². The van der Waals surface area contributed by atoms with Crippen molar-refractivity contribution in [2.45, 2.75) is 13.5 Å². The molecule has 0 aliphatic rings. The van der Waals surface area contributed by atoms with Crippen LogP contribution in [0.5, 0.6) is 5.75 Å². The number of hydrogen-bond donors (Lipinski definition) is 2. The Morgan fingerprint density at radius 2 is 2.07 bits per heavy atom. The second-order valence-corrected chi connectivity index (χ2v) is 6.30. The Morgan fingerprint density at radius 1 is 1.22 bits per heavy atom. The number of aromatic nitrogens is 2. The van der Waals surface area contributed by atoms with Crippen LogP contribution in [0.2, 0.25) is 5.02 Å². The van der Waals surface area contributed by atoms with Gasteiger partial charge in [0.05, 0.1) is 36.3 Å². The summed E-state index contributed by atoms with van der Waals surface area (Å²) in [5.41, 5.74) is 3.45. The van der Waals surface area contributed by atoms with Gasteiger partial charge in [-0.3, -0.25) is 14.8 Å². The second-order valence-electron chi connectivity index (χ2n) is 5.89. The van der Waals surface area contributed by atoms with Crippen LogP contribution in [-0.2, 0) is 6.54 Å². The van der Waals surface area contributed by atoms with Gasteiger partial charge < -0.3 is 15.4 Å². The maximum atomic E-state index is 12.6. The molecule has 1 amide bonds. The molecule has 2 heterocycles. The lowest BCUT2D eigenvalue weighted by molar-refractivity contribution is 0.102. The van der Waals surface area contributed by atoms with Gasteiger partial charge >= 0.3 is 0 Å². The van der Waals surface area contributed by atoms with Crippen LogP contribution in [-0.4, -0.2) is 23.0 Å². The second kappa shape index (κ2) is 8.51. The van der Waals surface area contributed by atoms with E-state index in [1.807, 2.05) is 25.1 Å². The fourth-order valence-electron chi connectivity index (χ4n) is 2.48. The fraction of sp³-hybridized carbons (Fsp3) is 0.150. The molecule has 0 saturated heterocycles. The zero-order valence-corrected chi connectivity index (χ0v) is 15.7. The molecule has 0 fully saturated rings. The van der Waals surface area contributed by atoms with Gasteiger partial charge in [-0.05, 0) is 36.8 Å². The number of benzene rings is 1. The number of rotatable bonds is 6. The molecule has 0 saturated carbocycles. The highest BCUT2D eigenvalue weighted by Crippen LogP contribution is 2.31. The van der Waals surface area contributed by atoms with Crippen LogP contribution < -0.4 is 15.4 Å². The molecular weight excluding hydrogens is 364 g/mol. The highest BCUT2D eigenvalue weighted by atomic mass is 35.5. The number of ether oxygens (including phenoxy) is 1. The average Bonchev–Trinajstić information content (AvgIpc) is 2.70. The summed E-state index contributed by atoms with van der Waals surface area (Å²) in [6, 6.07) is 10.9. The van der Waals surface area contributed by atoms with E-state index in [4.69, 9.17) is 16.3 Å². The average molecular weight is 383 g/mol. The van der Waals surface area contributed by atoms with Gasteiger partial charge in [-0.15, -0.1) is 0 Å². The number of aryl methyl sites for hydroxylation is 1. The lowest BCUT2D eigenvalue weighted by atomic mass is 10.2. The smallest absolute Gasteiger partial charge is 0.257 e. The van der Waals surface area contributed by atoms with E-state index in [1.54, 1.807) is 30.6 Å². The fourth-order valence-corrected chi connectivity index (χ4v) is 2.63. The number of nitrogens with zero attached hydrogens (tertiary/aromatic N) is 2. The van der Waals surface area contributed by atoms with E-state index in [2.05, 4.69) is 20.6 Å². The zero-order valence-electron chi connectivity index (χ0n) is 15.0. The van der Waals surface area contributed by atoms with Crippen LogP contribution in [0.3, 0.4) is 0 Å². The van der Waals surface area contributed by atoms with Crippen molar-refractivity contribution in [2.24, 2.45) is 0 Å². The van der Waals surface area contributed by atoms with Gasteiger partial charge in [0.25, 0.3) is 5.91 Å². The minimum absolute atomic E-state index is 0.288. The number of halogens is 1. The first-order valence-corrected chi connectivity index (χ1v) is 8.69. The van der Waals surface area contributed by atoms with E-state index in [1.165, 1.54) is 13.3 Å². The van der Waals surface area contributed by atoms with Gasteiger partial charge in [0, 0.05) is 29.7 Å². The third-order valence-electron chi connectivity index (χ3n) is 3.93. The van der Waals surface area contributed by atoms with Crippen molar-refractivity contribution < 1.29 is 9.53 Å². The molecule has 0 radical (unpaired) electrons. The monoisotopic (exact) mass is 382 g/mol. The van der Waals surface area contributed by atoms with Crippen molar-refractivity contribution in [3.8, 4) is 5.75 Å². The molecule has 1 aromatic carbocycles. The lowest BCUT2D eigenvalue weighted by Crippen LogP contribution is -2.14. The zero-order chi connectivity index (χ0) is 19.2. The van der Waals surface area contributed by atoms with Gasteiger partial charge in [-0.25, -0.2) is 0 Å². The summed E-state index contributed by atoms with van der Waals surface area (Å²) in [5, 5.41) is 6.63. The van der Waals surface area contributed by atoms with Crippen molar-refractivity contribution in [2.75, 3.05) is 17.7 Å². The summed E-state index contributed by atoms with van der Waals surface area (Å²) in [6.07, 6.45) is 4.91. The molecule has 3 rings (SSSR count). The Kier molecular flexibility index (Phi) is 5.88. The molecule has 0 unspecified atom stereocenters. The summed E-state index contributed by atoms with van der Waals surface area (Å²) in [5.74, 6) is 0.209. The number of amides is 1. The predicted octanol–water partition coefficient (Wildman–Crippen LogP) is 4.31. The molecule has 0 atom stereocenters. The predicted molar refractivity (Wildman–Crippen MR) is 106 cm³/mol. The van der Waals surface area contributed by atoms with Crippen molar-refractivity contribution in [1.29, 1.82) is 0 Å². The number of carbonyl (C=O) groups is 1. The third kappa shape index (κ3) is 4.74. The maximum Gasteiger partial charge on any atom is 0.257 e. The largest absolute Gasteiger partial charge is 0.495 e. The molecule has 2 aromatic heterocycles. The van der Waals surface area contributed by atoms with Crippen LogP contribution in [0.15, 0.2) is 55.0 Å². The molecule has 138 valence electrons. The molecule has 0 aliphatic carbocycles. The molecule has 6 nitrogen and oxygen atoms in total. The Hall–Kier alpha value is -3.12. The van der Waals surface area contributed by atoms with Crippen molar-refractivity contribution >= 4 is 28.9 Å². The van der Waals surface area contributed by atoms with E-state index in [0.717, 1.165) is 16.9 Å². The minimum Gasteiger partial charge on any atom is -0.495 e. The van der Waals surface area contributed by atoms with Crippen LogP contribution in [0.4, 0.5) is 11.4 Å². The Morgan fingerprint density at radius 3 is 2.81 bits per heavy atom. The van der Waals surface area contributed by atoms with Crippen LogP contribution in [0.25, 0.3) is 0 Å². The van der Waals surface area contributed by atoms with Gasteiger partial charge in [0.1, 0.15) is 5.75 Å². The normalized spacial score (nSPS) is 10.3. The van der Waals surface area contributed by atoms with E-state index in [0.29, 0.717) is 28.6 Å². The number of pyridine rings is 2. The summed E-state index contributed by atoms with van der Waals surface area (Å²) >= 11 is 6.11. The first-order valence-electron chi connectivity index (χ1n) is 8.31. The molecule has 0 spiro atoms. The number of methoxy groups -OCH3 is 1. The Bertz CT molecular complexity index is 948. The van der Waals surface area contributed by atoms with Gasteiger partial charge in [-0.2, -0.15) is 0 Å². The minimum atomic E-state index is -0.288. The number of hydrogen-bond acceptors (Lipinski definition) is 5. The molecule has 7 heteroatoms. The van der Waals surface area contributed by atoms with Crippen LogP contribution in [0.1, 0.15) is 21.6 Å². The molecule has 2 N–H and O–H groups in total. The first kappa shape index (κ1) is 18.7. The number of anilines is 2. The first-order chi connectivity index (χ1) is 13.1. The summed E-state index contributed by atoms with van der Waals surface area (Å²) in [6.45, 7) is 2.40. The van der Waals surface area contributed by atoms with Gasteiger partial charge in [0.15, 0.2) is 0 Å². The summed E-state index contributed by atoms with van der Waals surface area (Å²) in [7, 11) is 1.53. The highest BCUT2D eigenvalue weighted by Gasteiger charge is 2.13.